The maximum absolute atomic E-state index is 9.40. The molecule has 0 aliphatic carbocycles. The fourth-order valence-corrected chi connectivity index (χ4v) is 2.37. The summed E-state index contributed by atoms with van der Waals surface area (Å²) in [5.74, 6) is 0.0665. The Bertz CT molecular complexity index is 507. The molecule has 0 aliphatic rings. The van der Waals surface area contributed by atoms with Crippen molar-refractivity contribution in [1.29, 1.82) is 5.26 Å². The minimum absolute atomic E-state index is 0.0665. The maximum atomic E-state index is 9.40. The molecule has 3 heteroatoms. The molecule has 13 heavy (non-hydrogen) atoms. The standard InChI is InChI=1S/C10H7NOS/c1-6-5-13-10-7(6)2-3-9(12)8(10)4-11/h2-3,5,12H,1H3. The summed E-state index contributed by atoms with van der Waals surface area (Å²) in [6, 6.07) is 5.43. The van der Waals surface area contributed by atoms with Gasteiger partial charge in [-0.25, -0.2) is 0 Å². The summed E-state index contributed by atoms with van der Waals surface area (Å²) in [4.78, 5) is 0. The van der Waals surface area contributed by atoms with Crippen molar-refractivity contribution in [2.24, 2.45) is 0 Å². The van der Waals surface area contributed by atoms with Crippen LogP contribution in [0.3, 0.4) is 0 Å². The lowest BCUT2D eigenvalue weighted by molar-refractivity contribution is 0.474. The van der Waals surface area contributed by atoms with Crippen LogP contribution in [0, 0.1) is 18.3 Å². The summed E-state index contributed by atoms with van der Waals surface area (Å²) < 4.78 is 0.875. The number of thiophene rings is 1. The molecule has 1 aromatic carbocycles. The zero-order chi connectivity index (χ0) is 9.42. The van der Waals surface area contributed by atoms with Gasteiger partial charge in [-0.15, -0.1) is 11.3 Å². The van der Waals surface area contributed by atoms with E-state index in [-0.39, 0.29) is 5.75 Å². The second kappa shape index (κ2) is 2.75. The van der Waals surface area contributed by atoms with Crippen LogP contribution in [0.5, 0.6) is 5.75 Å². The average molecular weight is 189 g/mol. The van der Waals surface area contributed by atoms with Crippen molar-refractivity contribution in [3.05, 3.63) is 28.6 Å². The minimum Gasteiger partial charge on any atom is -0.507 e. The largest absolute Gasteiger partial charge is 0.507 e. The zero-order valence-corrected chi connectivity index (χ0v) is 7.85. The van der Waals surface area contributed by atoms with Gasteiger partial charge in [-0.05, 0) is 35.4 Å². The molecule has 0 aliphatic heterocycles. The highest BCUT2D eigenvalue weighted by atomic mass is 32.1. The molecule has 1 heterocycles. The van der Waals surface area contributed by atoms with E-state index < -0.39 is 0 Å². The average Bonchev–Trinajstić information content (AvgIpc) is 2.48. The highest BCUT2D eigenvalue weighted by Gasteiger charge is 2.08. The van der Waals surface area contributed by atoms with Crippen molar-refractivity contribution in [2.75, 3.05) is 0 Å². The van der Waals surface area contributed by atoms with Gasteiger partial charge in [0.1, 0.15) is 17.4 Å². The van der Waals surface area contributed by atoms with E-state index in [0.29, 0.717) is 5.56 Å². The number of nitrogens with zero attached hydrogens (tertiary/aromatic N) is 1. The molecular formula is C10H7NOS. The number of aromatic hydroxyl groups is 1. The third kappa shape index (κ3) is 1.07. The van der Waals surface area contributed by atoms with Crippen molar-refractivity contribution >= 4 is 21.4 Å². The van der Waals surface area contributed by atoms with Gasteiger partial charge in [0.15, 0.2) is 0 Å². The smallest absolute Gasteiger partial charge is 0.134 e. The number of benzene rings is 1. The van der Waals surface area contributed by atoms with Gasteiger partial charge in [0.25, 0.3) is 0 Å². The molecule has 0 amide bonds. The molecule has 0 atom stereocenters. The van der Waals surface area contributed by atoms with Crippen LogP contribution < -0.4 is 0 Å². The highest BCUT2D eigenvalue weighted by Crippen LogP contribution is 2.32. The predicted octanol–water partition coefficient (Wildman–Crippen LogP) is 2.79. The molecule has 0 bridgehead atoms. The van der Waals surface area contributed by atoms with Crippen LogP contribution in [0.2, 0.25) is 0 Å². The Hall–Kier alpha value is -1.53. The molecule has 2 rings (SSSR count). The second-order valence-electron chi connectivity index (χ2n) is 2.87. The lowest BCUT2D eigenvalue weighted by atomic mass is 10.1. The third-order valence-electron chi connectivity index (χ3n) is 2.03. The van der Waals surface area contributed by atoms with Gasteiger partial charge < -0.3 is 5.11 Å². The molecule has 0 fully saturated rings. The van der Waals surface area contributed by atoms with Gasteiger partial charge in [-0.3, -0.25) is 0 Å². The number of fused-ring (bicyclic) bond motifs is 1. The first kappa shape index (κ1) is 8.09. The molecule has 0 saturated heterocycles. The first-order valence-electron chi connectivity index (χ1n) is 3.84. The van der Waals surface area contributed by atoms with Crippen molar-refractivity contribution in [2.45, 2.75) is 6.92 Å². The summed E-state index contributed by atoms with van der Waals surface area (Å²) in [6.45, 7) is 2.00. The first-order valence-corrected chi connectivity index (χ1v) is 4.72. The third-order valence-corrected chi connectivity index (χ3v) is 3.16. The van der Waals surface area contributed by atoms with Gasteiger partial charge in [0.05, 0.1) is 4.70 Å². The van der Waals surface area contributed by atoms with Gasteiger partial charge in [0.2, 0.25) is 0 Å². The van der Waals surface area contributed by atoms with Crippen molar-refractivity contribution in [1.82, 2.24) is 0 Å². The summed E-state index contributed by atoms with van der Waals surface area (Å²) in [7, 11) is 0. The van der Waals surface area contributed by atoms with E-state index in [4.69, 9.17) is 5.26 Å². The maximum Gasteiger partial charge on any atom is 0.134 e. The molecule has 0 unspecified atom stereocenters. The molecule has 2 aromatic rings. The molecule has 0 radical (unpaired) electrons. The van der Waals surface area contributed by atoms with Crippen LogP contribution in [0.4, 0.5) is 0 Å². The molecule has 64 valence electrons. The summed E-state index contributed by atoms with van der Waals surface area (Å²) in [5, 5.41) is 21.3. The fraction of sp³-hybridized carbons (Fsp3) is 0.100. The van der Waals surface area contributed by atoms with E-state index in [1.165, 1.54) is 11.3 Å². The minimum atomic E-state index is 0.0665. The molecule has 0 spiro atoms. The van der Waals surface area contributed by atoms with Gasteiger partial charge >= 0.3 is 0 Å². The molecular weight excluding hydrogens is 182 g/mol. The van der Waals surface area contributed by atoms with Crippen LogP contribution in [-0.2, 0) is 0 Å². The first-order chi connectivity index (χ1) is 6.24. The van der Waals surface area contributed by atoms with E-state index >= 15 is 0 Å². The van der Waals surface area contributed by atoms with E-state index in [1.54, 1.807) is 6.07 Å². The topological polar surface area (TPSA) is 44.0 Å². The molecule has 2 nitrogen and oxygen atoms in total. The predicted molar refractivity (Wildman–Crippen MR) is 52.9 cm³/mol. The number of phenols is 1. The second-order valence-corrected chi connectivity index (χ2v) is 3.75. The lowest BCUT2D eigenvalue weighted by Gasteiger charge is -1.96. The number of nitriles is 1. The van der Waals surface area contributed by atoms with Gasteiger partial charge in [0, 0.05) is 0 Å². The Kier molecular flexibility index (Phi) is 1.71. The number of rotatable bonds is 0. The number of hydrogen-bond acceptors (Lipinski definition) is 3. The van der Waals surface area contributed by atoms with Crippen LogP contribution in [0.1, 0.15) is 11.1 Å². The van der Waals surface area contributed by atoms with Crippen LogP contribution in [0.15, 0.2) is 17.5 Å². The van der Waals surface area contributed by atoms with E-state index in [0.717, 1.165) is 15.6 Å². The van der Waals surface area contributed by atoms with Crippen molar-refractivity contribution < 1.29 is 5.11 Å². The zero-order valence-electron chi connectivity index (χ0n) is 7.03. The van der Waals surface area contributed by atoms with E-state index in [9.17, 15) is 5.11 Å². The number of hydrogen-bond donors (Lipinski definition) is 1. The van der Waals surface area contributed by atoms with Crippen molar-refractivity contribution in [3.63, 3.8) is 0 Å². The summed E-state index contributed by atoms with van der Waals surface area (Å²) in [5.41, 5.74) is 1.53. The number of aryl methyl sites for hydroxylation is 1. The Morgan fingerprint density at radius 1 is 1.46 bits per heavy atom. The lowest BCUT2D eigenvalue weighted by Crippen LogP contribution is -1.76. The SMILES string of the molecule is Cc1csc2c(C#N)c(O)ccc12. The van der Waals surface area contributed by atoms with Crippen molar-refractivity contribution in [3.8, 4) is 11.8 Å². The molecule has 1 aromatic heterocycles. The van der Waals surface area contributed by atoms with Gasteiger partial charge in [-0.1, -0.05) is 0 Å². The van der Waals surface area contributed by atoms with Crippen LogP contribution in [-0.4, -0.2) is 5.11 Å². The monoisotopic (exact) mass is 189 g/mol. The van der Waals surface area contributed by atoms with Gasteiger partial charge in [-0.2, -0.15) is 5.26 Å². The van der Waals surface area contributed by atoms with Crippen LogP contribution >= 0.6 is 11.3 Å². The quantitative estimate of drug-likeness (QED) is 0.692. The van der Waals surface area contributed by atoms with Crippen LogP contribution in [0.25, 0.3) is 10.1 Å². The Labute approximate surface area is 79.7 Å². The van der Waals surface area contributed by atoms with E-state index in [2.05, 4.69) is 0 Å². The summed E-state index contributed by atoms with van der Waals surface area (Å²) in [6.07, 6.45) is 0. The number of phenolic OH excluding ortho intramolecular Hbond substituents is 1. The van der Waals surface area contributed by atoms with E-state index in [1.807, 2.05) is 24.4 Å². The molecule has 1 N–H and O–H groups in total. The Balaban J connectivity index is 2.95. The summed E-state index contributed by atoms with van der Waals surface area (Å²) >= 11 is 1.50. The fourth-order valence-electron chi connectivity index (χ4n) is 1.32. The normalized spacial score (nSPS) is 10.2. The Morgan fingerprint density at radius 3 is 2.92 bits per heavy atom. The molecule has 0 saturated carbocycles. The Morgan fingerprint density at radius 2 is 2.23 bits per heavy atom. The highest BCUT2D eigenvalue weighted by molar-refractivity contribution is 7.17.